The van der Waals surface area contributed by atoms with Gasteiger partial charge in [0.2, 0.25) is 0 Å². The molecule has 0 aromatic carbocycles. The van der Waals surface area contributed by atoms with E-state index in [1.165, 1.54) is 0 Å². The Morgan fingerprint density at radius 3 is 2.22 bits per heavy atom. The third-order valence-corrected chi connectivity index (χ3v) is 0.780. The van der Waals surface area contributed by atoms with Crippen LogP contribution in [0.5, 0.6) is 0 Å². The van der Waals surface area contributed by atoms with Crippen molar-refractivity contribution in [1.82, 2.24) is 0 Å². The van der Waals surface area contributed by atoms with Gasteiger partial charge in [0.05, 0.1) is 13.2 Å². The van der Waals surface area contributed by atoms with Crippen LogP contribution in [0, 0.1) is 38.6 Å². The summed E-state index contributed by atoms with van der Waals surface area (Å²) in [4.78, 5) is 0. The molecule has 0 bridgehead atoms. The molecule has 0 aromatic heterocycles. The standard InChI is InChI=1S/C6H14O2.Tb/c1-3-4-8-6-5-7-2;/h3-6H2,1-2H3;. The quantitative estimate of drug-likeness (QED) is 0.700. The minimum atomic E-state index is 0. The Morgan fingerprint density at radius 1 is 1.11 bits per heavy atom. The summed E-state index contributed by atoms with van der Waals surface area (Å²) in [5, 5.41) is 0. The van der Waals surface area contributed by atoms with E-state index in [1.807, 2.05) is 0 Å². The Bertz CT molecular complexity index is 36.0. The molecule has 3 heteroatoms. The summed E-state index contributed by atoms with van der Waals surface area (Å²) in [6, 6.07) is 0. The van der Waals surface area contributed by atoms with Gasteiger partial charge in [0.15, 0.2) is 0 Å². The molecule has 0 amide bonds. The van der Waals surface area contributed by atoms with Gasteiger partial charge in [0, 0.05) is 52.3 Å². The number of ether oxygens (including phenoxy) is 2. The van der Waals surface area contributed by atoms with Crippen LogP contribution >= 0.6 is 0 Å². The molecule has 0 heterocycles. The smallest absolute Gasteiger partial charge is 0.0700 e. The van der Waals surface area contributed by atoms with Crippen molar-refractivity contribution in [2.24, 2.45) is 0 Å². The molecule has 0 aliphatic heterocycles. The number of methoxy groups -OCH3 is 1. The first-order valence-electron chi connectivity index (χ1n) is 2.98. The number of rotatable bonds is 5. The molecular weight excluding hydrogens is 263 g/mol. The molecule has 0 saturated carbocycles. The molecule has 0 aliphatic carbocycles. The minimum Gasteiger partial charge on any atom is -0.382 e. The van der Waals surface area contributed by atoms with Crippen LogP contribution in [0.4, 0.5) is 0 Å². The average molecular weight is 277 g/mol. The normalized spacial score (nSPS) is 8.67. The van der Waals surface area contributed by atoms with Gasteiger partial charge in [0.1, 0.15) is 0 Å². The van der Waals surface area contributed by atoms with Gasteiger partial charge in [-0.05, 0) is 6.42 Å². The Hall–Kier alpha value is 1.21. The molecule has 2 nitrogen and oxygen atoms in total. The monoisotopic (exact) mass is 277 g/mol. The van der Waals surface area contributed by atoms with Crippen LogP contribution in [0.25, 0.3) is 0 Å². The molecule has 0 spiro atoms. The molecule has 0 N–H and O–H groups in total. The second kappa shape index (κ2) is 11.9. The molecule has 0 fully saturated rings. The van der Waals surface area contributed by atoms with Crippen LogP contribution in [-0.2, 0) is 9.47 Å². The van der Waals surface area contributed by atoms with Crippen LogP contribution in [-0.4, -0.2) is 26.9 Å². The SMILES string of the molecule is CCCOCCOC.[Tb]. The number of hydrogen-bond acceptors (Lipinski definition) is 2. The molecule has 0 aliphatic rings. The van der Waals surface area contributed by atoms with Crippen LogP contribution in [0.15, 0.2) is 0 Å². The summed E-state index contributed by atoms with van der Waals surface area (Å²) in [5.41, 5.74) is 0. The van der Waals surface area contributed by atoms with Gasteiger partial charge in [0.25, 0.3) is 0 Å². The fourth-order valence-electron chi connectivity index (χ4n) is 0.389. The van der Waals surface area contributed by atoms with E-state index in [-0.39, 0.29) is 38.6 Å². The van der Waals surface area contributed by atoms with Gasteiger partial charge in [-0.15, -0.1) is 0 Å². The molecule has 0 atom stereocenters. The van der Waals surface area contributed by atoms with E-state index < -0.39 is 0 Å². The van der Waals surface area contributed by atoms with Crippen molar-refractivity contribution in [3.05, 3.63) is 0 Å². The van der Waals surface area contributed by atoms with Crippen molar-refractivity contribution >= 4 is 0 Å². The molecule has 0 unspecified atom stereocenters. The van der Waals surface area contributed by atoms with Crippen molar-refractivity contribution in [2.75, 3.05) is 26.9 Å². The molecule has 59 valence electrons. The van der Waals surface area contributed by atoms with Crippen molar-refractivity contribution in [3.63, 3.8) is 0 Å². The van der Waals surface area contributed by atoms with E-state index in [2.05, 4.69) is 6.92 Å². The van der Waals surface area contributed by atoms with Crippen LogP contribution in [0.3, 0.4) is 0 Å². The Kier molecular flexibility index (Phi) is 17.0. The van der Waals surface area contributed by atoms with E-state index in [9.17, 15) is 0 Å². The third kappa shape index (κ3) is 12.4. The van der Waals surface area contributed by atoms with E-state index in [1.54, 1.807) is 7.11 Å². The van der Waals surface area contributed by atoms with E-state index in [4.69, 9.17) is 9.47 Å². The minimum absolute atomic E-state index is 0. The second-order valence-electron chi connectivity index (χ2n) is 1.61. The summed E-state index contributed by atoms with van der Waals surface area (Å²) in [5.74, 6) is 0. The fourth-order valence-corrected chi connectivity index (χ4v) is 0.389. The van der Waals surface area contributed by atoms with Crippen molar-refractivity contribution in [2.45, 2.75) is 13.3 Å². The van der Waals surface area contributed by atoms with Crippen molar-refractivity contribution in [1.29, 1.82) is 0 Å². The second-order valence-corrected chi connectivity index (χ2v) is 1.61. The molecule has 0 rings (SSSR count). The molecule has 0 saturated heterocycles. The van der Waals surface area contributed by atoms with Crippen molar-refractivity contribution in [3.8, 4) is 0 Å². The van der Waals surface area contributed by atoms with Gasteiger partial charge < -0.3 is 9.47 Å². The van der Waals surface area contributed by atoms with E-state index in [0.29, 0.717) is 6.61 Å². The van der Waals surface area contributed by atoms with Gasteiger partial charge in [-0.1, -0.05) is 6.92 Å². The zero-order valence-electron chi connectivity index (χ0n) is 5.98. The summed E-state index contributed by atoms with van der Waals surface area (Å²) < 4.78 is 9.86. The Labute approximate surface area is 87.7 Å². The topological polar surface area (TPSA) is 18.5 Å². The third-order valence-electron chi connectivity index (χ3n) is 0.780. The maximum absolute atomic E-state index is 5.10. The molecule has 1 radical (unpaired) electrons. The van der Waals surface area contributed by atoms with Crippen LogP contribution < -0.4 is 0 Å². The Balaban J connectivity index is 0. The molecule has 0 aromatic rings. The molecule has 9 heavy (non-hydrogen) atoms. The molecular formula is C6H14O2Tb. The predicted molar refractivity (Wildman–Crippen MR) is 33.0 cm³/mol. The van der Waals surface area contributed by atoms with E-state index >= 15 is 0 Å². The first-order chi connectivity index (χ1) is 3.91. The van der Waals surface area contributed by atoms with Gasteiger partial charge >= 0.3 is 0 Å². The zero-order chi connectivity index (χ0) is 6.24. The average Bonchev–Trinajstić information content (AvgIpc) is 1.81. The maximum atomic E-state index is 5.10. The van der Waals surface area contributed by atoms with Crippen LogP contribution in [0.2, 0.25) is 0 Å². The maximum Gasteiger partial charge on any atom is 0.0700 e. The first kappa shape index (κ1) is 12.8. The van der Waals surface area contributed by atoms with Gasteiger partial charge in [-0.2, -0.15) is 0 Å². The van der Waals surface area contributed by atoms with Crippen molar-refractivity contribution < 1.29 is 48.1 Å². The summed E-state index contributed by atoms with van der Waals surface area (Å²) in [7, 11) is 1.68. The first-order valence-corrected chi connectivity index (χ1v) is 2.98. The largest absolute Gasteiger partial charge is 0.382 e. The van der Waals surface area contributed by atoms with Gasteiger partial charge in [-0.25, -0.2) is 0 Å². The van der Waals surface area contributed by atoms with Crippen LogP contribution in [0.1, 0.15) is 13.3 Å². The number of hydrogen-bond donors (Lipinski definition) is 0. The zero-order valence-corrected chi connectivity index (χ0v) is 8.12. The van der Waals surface area contributed by atoms with Gasteiger partial charge in [-0.3, -0.25) is 0 Å². The van der Waals surface area contributed by atoms with E-state index in [0.717, 1.165) is 19.6 Å². The summed E-state index contributed by atoms with van der Waals surface area (Å²) in [6.45, 7) is 4.38. The summed E-state index contributed by atoms with van der Waals surface area (Å²) >= 11 is 0. The Morgan fingerprint density at radius 2 is 1.78 bits per heavy atom. The predicted octanol–water partition coefficient (Wildman–Crippen LogP) is 1.06. The summed E-state index contributed by atoms with van der Waals surface area (Å²) in [6.07, 6.45) is 1.09. The fraction of sp³-hybridized carbons (Fsp3) is 1.00.